The number of aliphatic hydroxyl groups excluding tert-OH is 1. The minimum atomic E-state index is -0.170. The van der Waals surface area contributed by atoms with E-state index in [1.807, 2.05) is 0 Å². The van der Waals surface area contributed by atoms with E-state index < -0.39 is 0 Å². The molecule has 1 atom stereocenters. The molecule has 4 heteroatoms. The summed E-state index contributed by atoms with van der Waals surface area (Å²) in [6.45, 7) is 12.5. The minimum Gasteiger partial charge on any atom is -0.394 e. The van der Waals surface area contributed by atoms with Crippen LogP contribution in [0.2, 0.25) is 0 Å². The average molecular weight is 260 g/mol. The predicted molar refractivity (Wildman–Crippen MR) is 77.0 cm³/mol. The number of hydrogen-bond donors (Lipinski definition) is 2. The summed E-state index contributed by atoms with van der Waals surface area (Å²) in [7, 11) is 1.74. The summed E-state index contributed by atoms with van der Waals surface area (Å²) in [5, 5.41) is 13.0. The Hall–Kier alpha value is -0.160. The van der Waals surface area contributed by atoms with Crippen LogP contribution in [-0.2, 0) is 4.74 Å². The Labute approximate surface area is 113 Å². The van der Waals surface area contributed by atoms with Crippen LogP contribution in [0, 0.1) is 0 Å². The summed E-state index contributed by atoms with van der Waals surface area (Å²) in [6.07, 6.45) is 2.04. The first-order chi connectivity index (χ1) is 8.49. The molecule has 1 unspecified atom stereocenters. The van der Waals surface area contributed by atoms with Crippen molar-refractivity contribution in [2.24, 2.45) is 0 Å². The van der Waals surface area contributed by atoms with Gasteiger partial charge in [-0.05, 0) is 40.2 Å². The van der Waals surface area contributed by atoms with Crippen molar-refractivity contribution < 1.29 is 9.84 Å². The van der Waals surface area contributed by atoms with E-state index in [4.69, 9.17) is 4.74 Å². The van der Waals surface area contributed by atoms with Gasteiger partial charge < -0.3 is 15.2 Å². The fraction of sp³-hybridized carbons (Fsp3) is 1.00. The number of rotatable bonds is 11. The van der Waals surface area contributed by atoms with Crippen LogP contribution in [0.5, 0.6) is 0 Å². The van der Waals surface area contributed by atoms with Gasteiger partial charge in [-0.3, -0.25) is 4.90 Å². The van der Waals surface area contributed by atoms with Crippen LogP contribution in [0.4, 0.5) is 0 Å². The molecule has 0 fully saturated rings. The highest BCUT2D eigenvalue weighted by Crippen LogP contribution is 2.11. The molecule has 0 aliphatic rings. The van der Waals surface area contributed by atoms with Crippen LogP contribution in [0.1, 0.15) is 40.5 Å². The lowest BCUT2D eigenvalue weighted by Crippen LogP contribution is -2.49. The fourth-order valence-corrected chi connectivity index (χ4v) is 1.88. The highest BCUT2D eigenvalue weighted by molar-refractivity contribution is 4.83. The molecule has 4 nitrogen and oxygen atoms in total. The maximum absolute atomic E-state index is 9.53. The summed E-state index contributed by atoms with van der Waals surface area (Å²) in [5.41, 5.74) is -0.170. The zero-order valence-corrected chi connectivity index (χ0v) is 12.8. The minimum absolute atomic E-state index is 0.170. The second-order valence-corrected chi connectivity index (χ2v) is 5.52. The molecule has 0 amide bonds. The Morgan fingerprint density at radius 3 is 2.44 bits per heavy atom. The van der Waals surface area contributed by atoms with Crippen LogP contribution >= 0.6 is 0 Å². The zero-order chi connectivity index (χ0) is 14.0. The second kappa shape index (κ2) is 9.73. The van der Waals surface area contributed by atoms with Crippen molar-refractivity contribution in [3.05, 3.63) is 0 Å². The summed E-state index contributed by atoms with van der Waals surface area (Å²) in [5.74, 6) is 0. The molecule has 0 saturated heterocycles. The van der Waals surface area contributed by atoms with E-state index in [1.54, 1.807) is 7.11 Å². The average Bonchev–Trinajstić information content (AvgIpc) is 2.36. The Kier molecular flexibility index (Phi) is 9.64. The van der Waals surface area contributed by atoms with Gasteiger partial charge in [0.05, 0.1) is 13.2 Å². The number of ether oxygens (including phenoxy) is 1. The van der Waals surface area contributed by atoms with Gasteiger partial charge in [-0.2, -0.15) is 0 Å². The lowest BCUT2D eigenvalue weighted by Gasteiger charge is -2.33. The maximum Gasteiger partial charge on any atom is 0.0611 e. The Bertz CT molecular complexity index is 200. The Morgan fingerprint density at radius 2 is 2.00 bits per heavy atom. The van der Waals surface area contributed by atoms with Gasteiger partial charge in [-0.15, -0.1) is 0 Å². The molecule has 0 aliphatic heterocycles. The lowest BCUT2D eigenvalue weighted by molar-refractivity contribution is 0.105. The van der Waals surface area contributed by atoms with Crippen LogP contribution in [0.25, 0.3) is 0 Å². The topological polar surface area (TPSA) is 44.7 Å². The molecule has 0 bridgehead atoms. The summed E-state index contributed by atoms with van der Waals surface area (Å²) in [6, 6.07) is 0.509. The van der Waals surface area contributed by atoms with Crippen LogP contribution in [0.3, 0.4) is 0 Å². The molecule has 0 radical (unpaired) electrons. The van der Waals surface area contributed by atoms with E-state index in [1.165, 1.54) is 0 Å². The molecule has 0 aromatic heterocycles. The van der Waals surface area contributed by atoms with Crippen LogP contribution in [-0.4, -0.2) is 61.5 Å². The molecule has 110 valence electrons. The van der Waals surface area contributed by atoms with Gasteiger partial charge in [-0.25, -0.2) is 0 Å². The number of nitrogens with one attached hydrogen (secondary N) is 1. The second-order valence-electron chi connectivity index (χ2n) is 5.52. The predicted octanol–water partition coefficient (Wildman–Crippen LogP) is 1.48. The van der Waals surface area contributed by atoms with E-state index >= 15 is 0 Å². The SMILES string of the molecule is CCCNC(C)(CO)CCN(CCOC)C(C)C. The molecule has 0 spiro atoms. The molecule has 0 aliphatic carbocycles. The number of nitrogens with zero attached hydrogens (tertiary/aromatic N) is 1. The smallest absolute Gasteiger partial charge is 0.0611 e. The number of methoxy groups -OCH3 is 1. The van der Waals surface area contributed by atoms with E-state index in [-0.39, 0.29) is 12.1 Å². The van der Waals surface area contributed by atoms with Gasteiger partial charge in [0.1, 0.15) is 0 Å². The molecule has 2 N–H and O–H groups in total. The van der Waals surface area contributed by atoms with Crippen LogP contribution < -0.4 is 5.32 Å². The zero-order valence-electron chi connectivity index (χ0n) is 12.8. The number of aliphatic hydroxyl groups is 1. The molecule has 0 saturated carbocycles. The summed E-state index contributed by atoms with van der Waals surface area (Å²) in [4.78, 5) is 2.39. The molecular weight excluding hydrogens is 228 g/mol. The highest BCUT2D eigenvalue weighted by atomic mass is 16.5. The lowest BCUT2D eigenvalue weighted by atomic mass is 9.98. The monoisotopic (exact) mass is 260 g/mol. The van der Waals surface area contributed by atoms with Crippen molar-refractivity contribution in [1.29, 1.82) is 0 Å². The van der Waals surface area contributed by atoms with Crippen molar-refractivity contribution in [3.63, 3.8) is 0 Å². The summed E-state index contributed by atoms with van der Waals surface area (Å²) >= 11 is 0. The van der Waals surface area contributed by atoms with Crippen LogP contribution in [0.15, 0.2) is 0 Å². The fourth-order valence-electron chi connectivity index (χ4n) is 1.88. The normalized spacial score (nSPS) is 15.3. The maximum atomic E-state index is 9.53. The molecule has 0 rings (SSSR count). The van der Waals surface area contributed by atoms with E-state index in [9.17, 15) is 5.11 Å². The van der Waals surface area contributed by atoms with Crippen molar-refractivity contribution in [2.45, 2.75) is 52.1 Å². The summed E-state index contributed by atoms with van der Waals surface area (Å²) < 4.78 is 5.14. The van der Waals surface area contributed by atoms with E-state index in [2.05, 4.69) is 37.9 Å². The molecule has 18 heavy (non-hydrogen) atoms. The van der Waals surface area contributed by atoms with Gasteiger partial charge in [0, 0.05) is 31.8 Å². The van der Waals surface area contributed by atoms with E-state index in [0.29, 0.717) is 6.04 Å². The van der Waals surface area contributed by atoms with E-state index in [0.717, 1.165) is 39.1 Å². The van der Waals surface area contributed by atoms with Crippen molar-refractivity contribution >= 4 is 0 Å². The third-order valence-corrected chi connectivity index (χ3v) is 3.41. The van der Waals surface area contributed by atoms with Gasteiger partial charge in [0.25, 0.3) is 0 Å². The quantitative estimate of drug-likeness (QED) is 0.591. The van der Waals surface area contributed by atoms with Crippen molar-refractivity contribution in [2.75, 3.05) is 40.0 Å². The number of hydrogen-bond acceptors (Lipinski definition) is 4. The third kappa shape index (κ3) is 7.31. The molecule has 0 aromatic rings. The van der Waals surface area contributed by atoms with Crippen molar-refractivity contribution in [3.8, 4) is 0 Å². The third-order valence-electron chi connectivity index (χ3n) is 3.41. The first kappa shape index (κ1) is 17.8. The van der Waals surface area contributed by atoms with Crippen molar-refractivity contribution in [1.82, 2.24) is 10.2 Å². The van der Waals surface area contributed by atoms with Gasteiger partial charge >= 0.3 is 0 Å². The molecular formula is C14H32N2O2. The molecule has 0 aromatic carbocycles. The standard InChI is InChI=1S/C14H32N2O2/c1-6-8-15-14(4,12-17)7-9-16(13(2)3)10-11-18-5/h13,15,17H,6-12H2,1-5H3. The van der Waals surface area contributed by atoms with Gasteiger partial charge in [-0.1, -0.05) is 6.92 Å². The Morgan fingerprint density at radius 1 is 1.33 bits per heavy atom. The first-order valence-corrected chi connectivity index (χ1v) is 7.08. The Balaban J connectivity index is 4.19. The largest absolute Gasteiger partial charge is 0.394 e. The highest BCUT2D eigenvalue weighted by Gasteiger charge is 2.23. The van der Waals surface area contributed by atoms with Gasteiger partial charge in [0.15, 0.2) is 0 Å². The van der Waals surface area contributed by atoms with Gasteiger partial charge in [0.2, 0.25) is 0 Å². The first-order valence-electron chi connectivity index (χ1n) is 7.08. The molecule has 0 heterocycles.